The fourth-order valence-electron chi connectivity index (χ4n) is 6.04. The molecule has 0 spiro atoms. The molecule has 2 amide bonds. The number of carbonyl (C=O) groups excluding carboxylic acids is 2. The number of likely N-dealkylation sites (tertiary alicyclic amines) is 1. The van der Waals surface area contributed by atoms with Gasteiger partial charge in [0.05, 0.1) is 16.3 Å². The number of halogens is 2. The van der Waals surface area contributed by atoms with E-state index < -0.39 is 10.0 Å². The number of rotatable bonds is 6. The van der Waals surface area contributed by atoms with Gasteiger partial charge in [0.25, 0.3) is 5.91 Å². The molecular formula is C29H35Cl2N3O4S. The molecule has 7 nitrogen and oxygen atoms in total. The minimum atomic E-state index is -3.26. The molecule has 0 radical (unpaired) electrons. The largest absolute Gasteiger partial charge is 0.342 e. The lowest BCUT2D eigenvalue weighted by molar-refractivity contribution is -0.138. The third-order valence-electron chi connectivity index (χ3n) is 8.56. The zero-order chi connectivity index (χ0) is 27.9. The van der Waals surface area contributed by atoms with Crippen LogP contribution in [0, 0.1) is 5.92 Å². The summed E-state index contributed by atoms with van der Waals surface area (Å²) >= 11 is 12.6. The summed E-state index contributed by atoms with van der Waals surface area (Å²) in [6.07, 6.45) is 5.29. The Hall–Kier alpha value is -2.13. The summed E-state index contributed by atoms with van der Waals surface area (Å²) < 4.78 is 25.2. The first-order valence-corrected chi connectivity index (χ1v) is 16.2. The van der Waals surface area contributed by atoms with E-state index >= 15 is 0 Å². The number of hydrogen-bond acceptors (Lipinski definition) is 4. The van der Waals surface area contributed by atoms with Gasteiger partial charge in [0, 0.05) is 56.7 Å². The molecule has 1 aliphatic carbocycles. The zero-order valence-electron chi connectivity index (χ0n) is 22.4. The molecule has 2 aromatic carbocycles. The minimum Gasteiger partial charge on any atom is -0.342 e. The maximum Gasteiger partial charge on any atom is 0.253 e. The lowest BCUT2D eigenvalue weighted by Crippen LogP contribution is -2.53. The van der Waals surface area contributed by atoms with Gasteiger partial charge in [0.1, 0.15) is 0 Å². The van der Waals surface area contributed by atoms with Crippen LogP contribution in [0.15, 0.2) is 42.5 Å². The Labute approximate surface area is 241 Å². The van der Waals surface area contributed by atoms with Crippen LogP contribution in [0.4, 0.5) is 0 Å². The molecule has 0 aromatic heterocycles. The van der Waals surface area contributed by atoms with Crippen molar-refractivity contribution in [2.45, 2.75) is 50.0 Å². The molecule has 2 atom stereocenters. The number of likely N-dealkylation sites (N-methyl/N-ethyl adjacent to an activating group) is 1. The van der Waals surface area contributed by atoms with Crippen LogP contribution < -0.4 is 0 Å². The molecule has 210 valence electrons. The van der Waals surface area contributed by atoms with Crippen molar-refractivity contribution in [2.24, 2.45) is 5.92 Å². The molecule has 2 heterocycles. The Morgan fingerprint density at radius 2 is 1.51 bits per heavy atom. The third kappa shape index (κ3) is 6.29. The summed E-state index contributed by atoms with van der Waals surface area (Å²) in [5, 5.41) is 0.896. The molecule has 39 heavy (non-hydrogen) atoms. The van der Waals surface area contributed by atoms with Gasteiger partial charge in [-0.25, -0.2) is 12.7 Å². The van der Waals surface area contributed by atoms with E-state index in [0.717, 1.165) is 5.56 Å². The molecule has 3 fully saturated rings. The summed E-state index contributed by atoms with van der Waals surface area (Å²) in [5.41, 5.74) is 2.88. The fraction of sp³-hybridized carbons (Fsp3) is 0.517. The van der Waals surface area contributed by atoms with Gasteiger partial charge in [-0.15, -0.1) is 0 Å². The van der Waals surface area contributed by atoms with Crippen LogP contribution in [0.25, 0.3) is 0 Å². The first-order valence-electron chi connectivity index (χ1n) is 13.6. The Kier molecular flexibility index (Phi) is 8.30. The summed E-state index contributed by atoms with van der Waals surface area (Å²) in [6, 6.07) is 13.3. The van der Waals surface area contributed by atoms with E-state index in [2.05, 4.69) is 12.1 Å². The highest BCUT2D eigenvalue weighted by Crippen LogP contribution is 2.40. The number of amides is 2. The second-order valence-electron chi connectivity index (χ2n) is 11.2. The quantitative estimate of drug-likeness (QED) is 0.473. The van der Waals surface area contributed by atoms with Crippen molar-refractivity contribution in [3.05, 3.63) is 69.2 Å². The summed E-state index contributed by atoms with van der Waals surface area (Å²) in [7, 11) is -1.42. The van der Waals surface area contributed by atoms with E-state index in [1.165, 1.54) is 29.0 Å². The highest BCUT2D eigenvalue weighted by molar-refractivity contribution is 7.88. The van der Waals surface area contributed by atoms with Crippen molar-refractivity contribution in [3.63, 3.8) is 0 Å². The average Bonchev–Trinajstić information content (AvgIpc) is 3.78. The molecule has 0 bridgehead atoms. The molecule has 0 N–H and O–H groups in total. The molecule has 3 aliphatic rings. The Bertz CT molecular complexity index is 1340. The summed E-state index contributed by atoms with van der Waals surface area (Å²) in [6.45, 7) is 1.70. The molecule has 0 unspecified atom stereocenters. The van der Waals surface area contributed by atoms with Gasteiger partial charge < -0.3 is 9.80 Å². The van der Waals surface area contributed by atoms with Crippen LogP contribution in [0.2, 0.25) is 10.0 Å². The van der Waals surface area contributed by atoms with Crippen LogP contribution in [-0.4, -0.2) is 79.9 Å². The molecule has 2 aliphatic heterocycles. The number of carbonyl (C=O) groups is 2. The lowest BCUT2D eigenvalue weighted by atomic mass is 9.83. The molecule has 1 saturated carbocycles. The maximum absolute atomic E-state index is 13.6. The van der Waals surface area contributed by atoms with E-state index in [1.54, 1.807) is 6.07 Å². The van der Waals surface area contributed by atoms with Crippen LogP contribution in [-0.2, 0) is 14.8 Å². The number of sulfonamides is 1. The number of benzene rings is 2. The zero-order valence-corrected chi connectivity index (χ0v) is 24.7. The van der Waals surface area contributed by atoms with Gasteiger partial charge in [-0.05, 0) is 73.4 Å². The fourth-order valence-corrected chi connectivity index (χ4v) is 7.22. The number of nitrogens with zero attached hydrogens (tertiary/aromatic N) is 3. The van der Waals surface area contributed by atoms with Gasteiger partial charge in [0.15, 0.2) is 0 Å². The Morgan fingerprint density at radius 3 is 2.10 bits per heavy atom. The van der Waals surface area contributed by atoms with Crippen LogP contribution >= 0.6 is 23.2 Å². The number of hydrogen-bond donors (Lipinski definition) is 0. The van der Waals surface area contributed by atoms with Gasteiger partial charge in [0.2, 0.25) is 15.9 Å². The second-order valence-corrected chi connectivity index (χ2v) is 14.0. The van der Waals surface area contributed by atoms with E-state index in [1.807, 2.05) is 41.1 Å². The molecule has 2 saturated heterocycles. The topological polar surface area (TPSA) is 78.0 Å². The Balaban J connectivity index is 1.34. The Morgan fingerprint density at radius 1 is 0.872 bits per heavy atom. The van der Waals surface area contributed by atoms with Crippen molar-refractivity contribution >= 4 is 45.0 Å². The van der Waals surface area contributed by atoms with Gasteiger partial charge >= 0.3 is 0 Å². The van der Waals surface area contributed by atoms with Crippen LogP contribution in [0.5, 0.6) is 0 Å². The predicted octanol–water partition coefficient (Wildman–Crippen LogP) is 5.00. The number of piperidine rings is 2. The van der Waals surface area contributed by atoms with Gasteiger partial charge in [-0.1, -0.05) is 41.4 Å². The first kappa shape index (κ1) is 28.4. The maximum atomic E-state index is 13.6. The van der Waals surface area contributed by atoms with E-state index in [9.17, 15) is 18.0 Å². The molecule has 10 heteroatoms. The van der Waals surface area contributed by atoms with Crippen molar-refractivity contribution < 1.29 is 18.0 Å². The molecule has 2 aromatic rings. The normalized spacial score (nSPS) is 23.0. The lowest BCUT2D eigenvalue weighted by Gasteiger charge is -2.44. The summed E-state index contributed by atoms with van der Waals surface area (Å²) in [4.78, 5) is 30.8. The first-order chi connectivity index (χ1) is 18.5. The molecular weight excluding hydrogens is 557 g/mol. The standard InChI is InChI=1S/C29H35Cl2N3O4S/c1-32(28(35)21-7-5-20(6-8-21)19-3-4-19)27-13-14-33(18-24(27)23-9-10-25(30)26(31)17-23)29(36)22-11-15-34(16-12-22)39(2,37)38/h5-10,17,19,22,24,27H,3-4,11-16,18H2,1-2H3/t24-,27+/m0/s1. The van der Waals surface area contributed by atoms with Crippen molar-refractivity contribution in [1.29, 1.82) is 0 Å². The third-order valence-corrected chi connectivity index (χ3v) is 10.6. The monoisotopic (exact) mass is 591 g/mol. The predicted molar refractivity (Wildman–Crippen MR) is 154 cm³/mol. The van der Waals surface area contributed by atoms with E-state index in [0.29, 0.717) is 67.0 Å². The highest BCUT2D eigenvalue weighted by atomic mass is 35.5. The van der Waals surface area contributed by atoms with Crippen LogP contribution in [0.3, 0.4) is 0 Å². The van der Waals surface area contributed by atoms with E-state index in [4.69, 9.17) is 23.2 Å². The smallest absolute Gasteiger partial charge is 0.253 e. The molecule has 5 rings (SSSR count). The highest BCUT2D eigenvalue weighted by Gasteiger charge is 2.39. The van der Waals surface area contributed by atoms with Crippen molar-refractivity contribution in [3.8, 4) is 0 Å². The van der Waals surface area contributed by atoms with Crippen molar-refractivity contribution in [1.82, 2.24) is 14.1 Å². The van der Waals surface area contributed by atoms with Crippen LogP contribution in [0.1, 0.15) is 65.4 Å². The minimum absolute atomic E-state index is 0.0414. The summed E-state index contributed by atoms with van der Waals surface area (Å²) in [5.74, 6) is 0.287. The SMILES string of the molecule is CN(C(=O)c1ccc(C2CC2)cc1)[C@@H]1CCN(C(=O)C2CCN(S(C)(=O)=O)CC2)C[C@H]1c1ccc(Cl)c(Cl)c1. The van der Waals surface area contributed by atoms with Crippen molar-refractivity contribution in [2.75, 3.05) is 39.5 Å². The average molecular weight is 593 g/mol. The van der Waals surface area contributed by atoms with Gasteiger partial charge in [-0.3, -0.25) is 9.59 Å². The van der Waals surface area contributed by atoms with E-state index in [-0.39, 0.29) is 29.7 Å². The van der Waals surface area contributed by atoms with Gasteiger partial charge in [-0.2, -0.15) is 0 Å². The second kappa shape index (κ2) is 11.4.